The monoisotopic (exact) mass is 287 g/mol. The number of hydrogen-bond donors (Lipinski definition) is 2. The van der Waals surface area contributed by atoms with E-state index in [-0.39, 0.29) is 5.41 Å². The average molecular weight is 287 g/mol. The molecule has 0 amide bonds. The van der Waals surface area contributed by atoms with E-state index >= 15 is 0 Å². The van der Waals surface area contributed by atoms with Crippen LogP contribution in [0.2, 0.25) is 0 Å². The van der Waals surface area contributed by atoms with Crippen LogP contribution in [0, 0.1) is 18.3 Å². The van der Waals surface area contributed by atoms with Gasteiger partial charge in [-0.25, -0.2) is 0 Å². The molecule has 0 saturated heterocycles. The van der Waals surface area contributed by atoms with Gasteiger partial charge >= 0.3 is 0 Å². The lowest BCUT2D eigenvalue weighted by Crippen LogP contribution is -2.51. The minimum absolute atomic E-state index is 0.113. The van der Waals surface area contributed by atoms with Crippen LogP contribution in [0.15, 0.2) is 18.2 Å². The molecule has 1 saturated carbocycles. The Balaban J connectivity index is 1.97. The van der Waals surface area contributed by atoms with E-state index < -0.39 is 5.60 Å². The molecule has 3 N–H and O–H groups in total. The van der Waals surface area contributed by atoms with Crippen LogP contribution >= 0.6 is 0 Å². The van der Waals surface area contributed by atoms with E-state index in [1.807, 2.05) is 0 Å². The predicted octanol–water partition coefficient (Wildman–Crippen LogP) is 3.67. The summed E-state index contributed by atoms with van der Waals surface area (Å²) >= 11 is 0. The summed E-state index contributed by atoms with van der Waals surface area (Å²) in [5, 5.41) is 11.6. The van der Waals surface area contributed by atoms with Crippen molar-refractivity contribution in [1.82, 2.24) is 0 Å². The molecule has 2 aliphatic carbocycles. The fourth-order valence-electron chi connectivity index (χ4n) is 4.72. The number of aryl methyl sites for hydroxylation is 2. The molecule has 1 aromatic carbocycles. The van der Waals surface area contributed by atoms with Crippen molar-refractivity contribution in [2.45, 2.75) is 64.4 Å². The molecule has 1 fully saturated rings. The first-order chi connectivity index (χ1) is 10.0. The molecular formula is C19H29NO. The molecule has 0 bridgehead atoms. The van der Waals surface area contributed by atoms with Crippen LogP contribution in [0.1, 0.15) is 62.1 Å². The van der Waals surface area contributed by atoms with Crippen molar-refractivity contribution in [1.29, 1.82) is 0 Å². The normalized spacial score (nSPS) is 35.7. The molecule has 3 rings (SSSR count). The molecule has 116 valence electrons. The lowest BCUT2D eigenvalue weighted by molar-refractivity contribution is -0.110. The second-order valence-corrected chi connectivity index (χ2v) is 7.36. The molecule has 0 heterocycles. The Morgan fingerprint density at radius 2 is 1.95 bits per heavy atom. The second kappa shape index (κ2) is 5.40. The van der Waals surface area contributed by atoms with Crippen molar-refractivity contribution in [3.05, 3.63) is 34.9 Å². The number of benzene rings is 1. The first-order valence-corrected chi connectivity index (χ1v) is 8.57. The van der Waals surface area contributed by atoms with Crippen molar-refractivity contribution in [3.63, 3.8) is 0 Å². The molecule has 0 spiro atoms. The van der Waals surface area contributed by atoms with E-state index in [9.17, 15) is 5.11 Å². The second-order valence-electron chi connectivity index (χ2n) is 7.36. The molecule has 0 aromatic heterocycles. The fourth-order valence-corrected chi connectivity index (χ4v) is 4.72. The summed E-state index contributed by atoms with van der Waals surface area (Å²) in [5.41, 5.74) is 9.14. The van der Waals surface area contributed by atoms with E-state index in [1.165, 1.54) is 36.0 Å². The number of fused-ring (bicyclic) bond motifs is 1. The van der Waals surface area contributed by atoms with E-state index in [0.29, 0.717) is 6.54 Å². The summed E-state index contributed by atoms with van der Waals surface area (Å²) in [6.45, 7) is 5.00. The van der Waals surface area contributed by atoms with Gasteiger partial charge in [0.15, 0.2) is 0 Å². The van der Waals surface area contributed by atoms with E-state index in [4.69, 9.17) is 5.73 Å². The highest BCUT2D eigenvalue weighted by Crippen LogP contribution is 2.56. The van der Waals surface area contributed by atoms with Crippen LogP contribution in [0.25, 0.3) is 0 Å². The molecule has 0 aliphatic heterocycles. The van der Waals surface area contributed by atoms with Crippen molar-refractivity contribution in [3.8, 4) is 0 Å². The minimum atomic E-state index is -0.707. The third-order valence-electron chi connectivity index (χ3n) is 6.37. The zero-order chi connectivity index (χ0) is 15.1. The van der Waals surface area contributed by atoms with Gasteiger partial charge in [0.25, 0.3) is 0 Å². The van der Waals surface area contributed by atoms with Crippen molar-refractivity contribution >= 4 is 0 Å². The first kappa shape index (κ1) is 15.1. The molecule has 1 unspecified atom stereocenters. The summed E-state index contributed by atoms with van der Waals surface area (Å²) in [6.07, 6.45) is 7.69. The molecule has 21 heavy (non-hydrogen) atoms. The van der Waals surface area contributed by atoms with Gasteiger partial charge in [-0.1, -0.05) is 37.1 Å². The van der Waals surface area contributed by atoms with Crippen LogP contribution in [-0.4, -0.2) is 11.7 Å². The maximum absolute atomic E-state index is 11.6. The lowest BCUT2D eigenvalue weighted by atomic mass is 9.59. The average Bonchev–Trinajstić information content (AvgIpc) is 2.86. The highest BCUT2D eigenvalue weighted by atomic mass is 16.3. The highest BCUT2D eigenvalue weighted by Gasteiger charge is 2.54. The van der Waals surface area contributed by atoms with Crippen LogP contribution < -0.4 is 5.73 Å². The standard InChI is InChI=1S/C19H29NO/c1-3-15-6-9-18(13-20,10-7-15)19(21)11-8-16-5-4-14(2)12-17(16)19/h4-5,12,15,21H,3,6-11,13,20H2,1-2H3. The maximum atomic E-state index is 11.6. The Morgan fingerprint density at radius 3 is 2.57 bits per heavy atom. The quantitative estimate of drug-likeness (QED) is 0.891. The lowest BCUT2D eigenvalue weighted by Gasteiger charge is -2.49. The number of hydrogen-bond acceptors (Lipinski definition) is 2. The zero-order valence-electron chi connectivity index (χ0n) is 13.5. The largest absolute Gasteiger partial charge is 0.385 e. The number of aliphatic hydroxyl groups is 1. The van der Waals surface area contributed by atoms with Crippen LogP contribution in [0.3, 0.4) is 0 Å². The smallest absolute Gasteiger partial charge is 0.0970 e. The molecule has 2 nitrogen and oxygen atoms in total. The molecule has 2 aliphatic rings. The van der Waals surface area contributed by atoms with E-state index in [0.717, 1.165) is 31.6 Å². The minimum Gasteiger partial charge on any atom is -0.385 e. The summed E-state index contributed by atoms with van der Waals surface area (Å²) in [6, 6.07) is 6.56. The van der Waals surface area contributed by atoms with Gasteiger partial charge in [0.1, 0.15) is 0 Å². The van der Waals surface area contributed by atoms with Gasteiger partial charge in [-0.15, -0.1) is 0 Å². The third kappa shape index (κ3) is 2.24. The fraction of sp³-hybridized carbons (Fsp3) is 0.684. The van der Waals surface area contributed by atoms with Gasteiger partial charge in [0, 0.05) is 12.0 Å². The Morgan fingerprint density at radius 1 is 1.24 bits per heavy atom. The first-order valence-electron chi connectivity index (χ1n) is 8.57. The highest BCUT2D eigenvalue weighted by molar-refractivity contribution is 5.42. The van der Waals surface area contributed by atoms with Crippen molar-refractivity contribution < 1.29 is 5.11 Å². The number of rotatable bonds is 3. The molecule has 2 heteroatoms. The summed E-state index contributed by atoms with van der Waals surface area (Å²) in [5.74, 6) is 0.826. The Kier molecular flexibility index (Phi) is 3.87. The molecule has 1 aromatic rings. The van der Waals surface area contributed by atoms with Crippen LogP contribution in [0.5, 0.6) is 0 Å². The van der Waals surface area contributed by atoms with Crippen LogP contribution in [0.4, 0.5) is 0 Å². The summed E-state index contributed by atoms with van der Waals surface area (Å²) < 4.78 is 0. The van der Waals surface area contributed by atoms with E-state index in [2.05, 4.69) is 32.0 Å². The van der Waals surface area contributed by atoms with Gasteiger partial charge in [0.05, 0.1) is 5.60 Å². The Hall–Kier alpha value is -0.860. The third-order valence-corrected chi connectivity index (χ3v) is 6.37. The van der Waals surface area contributed by atoms with Gasteiger partial charge in [-0.05, 0) is 62.5 Å². The predicted molar refractivity (Wildman–Crippen MR) is 87.1 cm³/mol. The number of nitrogens with two attached hydrogens (primary N) is 1. The van der Waals surface area contributed by atoms with Crippen molar-refractivity contribution in [2.75, 3.05) is 6.54 Å². The Labute approximate surface area is 128 Å². The van der Waals surface area contributed by atoms with Gasteiger partial charge in [-0.3, -0.25) is 0 Å². The van der Waals surface area contributed by atoms with Crippen LogP contribution in [-0.2, 0) is 12.0 Å². The molecular weight excluding hydrogens is 258 g/mol. The van der Waals surface area contributed by atoms with Gasteiger partial charge < -0.3 is 10.8 Å². The maximum Gasteiger partial charge on any atom is 0.0970 e. The van der Waals surface area contributed by atoms with E-state index in [1.54, 1.807) is 0 Å². The zero-order valence-corrected chi connectivity index (χ0v) is 13.5. The van der Waals surface area contributed by atoms with Crippen molar-refractivity contribution in [2.24, 2.45) is 17.1 Å². The summed E-state index contributed by atoms with van der Waals surface area (Å²) in [7, 11) is 0. The molecule has 0 radical (unpaired) electrons. The van der Waals surface area contributed by atoms with Gasteiger partial charge in [0.2, 0.25) is 0 Å². The topological polar surface area (TPSA) is 46.2 Å². The summed E-state index contributed by atoms with van der Waals surface area (Å²) in [4.78, 5) is 0. The molecule has 1 atom stereocenters. The Bertz CT molecular complexity index is 516. The van der Waals surface area contributed by atoms with Gasteiger partial charge in [-0.2, -0.15) is 0 Å². The SMILES string of the molecule is CCC1CCC(CN)(C2(O)CCc3ccc(C)cc32)CC1.